The van der Waals surface area contributed by atoms with Crippen molar-refractivity contribution in [3.8, 4) is 0 Å². The van der Waals surface area contributed by atoms with Crippen molar-refractivity contribution in [1.29, 1.82) is 0 Å². The van der Waals surface area contributed by atoms with Gasteiger partial charge in [0.1, 0.15) is 5.82 Å². The number of sulfonamides is 1. The summed E-state index contributed by atoms with van der Waals surface area (Å²) in [6, 6.07) is 16.0. The van der Waals surface area contributed by atoms with Gasteiger partial charge in [0, 0.05) is 9.86 Å². The highest BCUT2D eigenvalue weighted by atomic mass is 79.9. The standard InChI is InChI=1S/C16H13BrN2O2S/c1-11-14(17)9-10-16(18-11)19-22(20,21)15-8-4-6-12-5-2-3-7-13(12)15/h2-10H,1H3,(H,18,19). The van der Waals surface area contributed by atoms with Gasteiger partial charge in [-0.05, 0) is 46.4 Å². The molecule has 2 aromatic carbocycles. The Labute approximate surface area is 137 Å². The number of anilines is 1. The van der Waals surface area contributed by atoms with Crippen molar-refractivity contribution in [3.63, 3.8) is 0 Å². The van der Waals surface area contributed by atoms with E-state index in [4.69, 9.17) is 0 Å². The number of hydrogen-bond acceptors (Lipinski definition) is 3. The maximum Gasteiger partial charge on any atom is 0.263 e. The SMILES string of the molecule is Cc1nc(NS(=O)(=O)c2cccc3ccccc23)ccc1Br. The first-order valence-corrected chi connectivity index (χ1v) is 8.89. The van der Waals surface area contributed by atoms with Crippen LogP contribution in [0.1, 0.15) is 5.69 Å². The number of nitrogens with one attached hydrogen (secondary N) is 1. The van der Waals surface area contributed by atoms with E-state index >= 15 is 0 Å². The minimum atomic E-state index is -3.70. The molecule has 0 fully saturated rings. The van der Waals surface area contributed by atoms with E-state index in [1.165, 1.54) is 0 Å². The number of fused-ring (bicyclic) bond motifs is 1. The van der Waals surface area contributed by atoms with Crippen LogP contribution >= 0.6 is 15.9 Å². The fraction of sp³-hybridized carbons (Fsp3) is 0.0625. The maximum atomic E-state index is 12.6. The Morgan fingerprint density at radius 2 is 1.73 bits per heavy atom. The van der Waals surface area contributed by atoms with Gasteiger partial charge in [-0.15, -0.1) is 0 Å². The lowest BCUT2D eigenvalue weighted by Gasteiger charge is -2.10. The summed E-state index contributed by atoms with van der Waals surface area (Å²) in [6.45, 7) is 1.81. The van der Waals surface area contributed by atoms with Gasteiger partial charge in [-0.3, -0.25) is 4.72 Å². The Hall–Kier alpha value is -1.92. The van der Waals surface area contributed by atoms with E-state index in [1.807, 2.05) is 24.3 Å². The van der Waals surface area contributed by atoms with Crippen molar-refractivity contribution in [3.05, 3.63) is 64.8 Å². The zero-order valence-corrected chi connectivity index (χ0v) is 14.1. The fourth-order valence-electron chi connectivity index (χ4n) is 2.22. The molecule has 0 unspecified atom stereocenters. The van der Waals surface area contributed by atoms with Gasteiger partial charge >= 0.3 is 0 Å². The van der Waals surface area contributed by atoms with E-state index in [2.05, 4.69) is 25.6 Å². The van der Waals surface area contributed by atoms with Gasteiger partial charge in [0.2, 0.25) is 0 Å². The first-order valence-electron chi connectivity index (χ1n) is 6.61. The number of rotatable bonds is 3. The largest absolute Gasteiger partial charge is 0.263 e. The molecule has 0 bridgehead atoms. The third-order valence-corrected chi connectivity index (χ3v) is 5.55. The first-order chi connectivity index (χ1) is 10.5. The van der Waals surface area contributed by atoms with Crippen LogP contribution in [-0.2, 0) is 10.0 Å². The summed E-state index contributed by atoms with van der Waals surface area (Å²) < 4.78 is 28.7. The monoisotopic (exact) mass is 376 g/mol. The molecule has 1 heterocycles. The first kappa shape index (κ1) is 15.0. The summed E-state index contributed by atoms with van der Waals surface area (Å²) in [6.07, 6.45) is 0. The van der Waals surface area contributed by atoms with E-state index in [1.54, 1.807) is 37.3 Å². The van der Waals surface area contributed by atoms with Gasteiger partial charge in [-0.1, -0.05) is 36.4 Å². The van der Waals surface area contributed by atoms with Crippen molar-refractivity contribution in [1.82, 2.24) is 4.98 Å². The number of aryl methyl sites for hydroxylation is 1. The molecule has 0 radical (unpaired) electrons. The molecule has 112 valence electrons. The van der Waals surface area contributed by atoms with E-state index < -0.39 is 10.0 Å². The van der Waals surface area contributed by atoms with Gasteiger partial charge in [0.15, 0.2) is 0 Å². The highest BCUT2D eigenvalue weighted by Gasteiger charge is 2.18. The summed E-state index contributed by atoms with van der Waals surface area (Å²) in [7, 11) is -3.70. The molecule has 0 aliphatic heterocycles. The normalized spacial score (nSPS) is 11.5. The lowest BCUT2D eigenvalue weighted by atomic mass is 10.1. The molecule has 1 N–H and O–H groups in total. The molecule has 4 nitrogen and oxygen atoms in total. The molecule has 0 aliphatic carbocycles. The van der Waals surface area contributed by atoms with E-state index in [0.717, 1.165) is 15.6 Å². The van der Waals surface area contributed by atoms with E-state index in [9.17, 15) is 8.42 Å². The predicted octanol–water partition coefficient (Wildman–Crippen LogP) is 4.11. The molecule has 0 aliphatic rings. The second-order valence-corrected chi connectivity index (χ2v) is 7.35. The van der Waals surface area contributed by atoms with Crippen LogP contribution in [-0.4, -0.2) is 13.4 Å². The van der Waals surface area contributed by atoms with Crippen LogP contribution in [0.4, 0.5) is 5.82 Å². The predicted molar refractivity (Wildman–Crippen MR) is 91.4 cm³/mol. The average Bonchev–Trinajstić information content (AvgIpc) is 2.50. The zero-order chi connectivity index (χ0) is 15.7. The zero-order valence-electron chi connectivity index (χ0n) is 11.7. The van der Waals surface area contributed by atoms with Crippen LogP contribution in [0.15, 0.2) is 64.0 Å². The fourth-order valence-corrected chi connectivity index (χ4v) is 3.68. The number of nitrogens with zero attached hydrogens (tertiary/aromatic N) is 1. The third-order valence-electron chi connectivity index (χ3n) is 3.30. The Bertz CT molecular complexity index is 950. The minimum Gasteiger partial charge on any atom is -0.263 e. The second kappa shape index (κ2) is 5.70. The van der Waals surface area contributed by atoms with E-state index in [-0.39, 0.29) is 4.90 Å². The minimum absolute atomic E-state index is 0.243. The van der Waals surface area contributed by atoms with Gasteiger partial charge < -0.3 is 0 Å². The van der Waals surface area contributed by atoms with Gasteiger partial charge in [0.05, 0.1) is 10.6 Å². The second-order valence-electron chi connectivity index (χ2n) is 4.85. The number of aromatic nitrogens is 1. The summed E-state index contributed by atoms with van der Waals surface area (Å²) >= 11 is 3.35. The lowest BCUT2D eigenvalue weighted by Crippen LogP contribution is -2.14. The topological polar surface area (TPSA) is 59.1 Å². The van der Waals surface area contributed by atoms with Crippen LogP contribution < -0.4 is 4.72 Å². The molecule has 3 rings (SSSR count). The van der Waals surface area contributed by atoms with Crippen molar-refractivity contribution in [2.24, 2.45) is 0 Å². The molecule has 22 heavy (non-hydrogen) atoms. The van der Waals surface area contributed by atoms with Crippen LogP contribution in [0.25, 0.3) is 10.8 Å². The molecule has 0 spiro atoms. The van der Waals surface area contributed by atoms with Crippen LogP contribution in [0.3, 0.4) is 0 Å². The summed E-state index contributed by atoms with van der Waals surface area (Å²) in [5.74, 6) is 0.300. The van der Waals surface area contributed by atoms with Crippen molar-refractivity contribution in [2.45, 2.75) is 11.8 Å². The Kier molecular flexibility index (Phi) is 3.88. The molecule has 6 heteroatoms. The lowest BCUT2D eigenvalue weighted by molar-refractivity contribution is 0.602. The highest BCUT2D eigenvalue weighted by Crippen LogP contribution is 2.25. The molecular formula is C16H13BrN2O2S. The van der Waals surface area contributed by atoms with Crippen molar-refractivity contribution >= 4 is 42.5 Å². The van der Waals surface area contributed by atoms with Crippen molar-refractivity contribution in [2.75, 3.05) is 4.72 Å². The molecule has 0 atom stereocenters. The van der Waals surface area contributed by atoms with Crippen molar-refractivity contribution < 1.29 is 8.42 Å². The average molecular weight is 377 g/mol. The molecular weight excluding hydrogens is 364 g/mol. The number of benzene rings is 2. The molecule has 0 saturated carbocycles. The quantitative estimate of drug-likeness (QED) is 0.748. The third kappa shape index (κ3) is 2.84. The molecule has 0 amide bonds. The van der Waals surface area contributed by atoms with Crippen LogP contribution in [0, 0.1) is 6.92 Å². The number of hydrogen-bond donors (Lipinski definition) is 1. The summed E-state index contributed by atoms with van der Waals surface area (Å²) in [5.41, 5.74) is 0.720. The molecule has 0 saturated heterocycles. The molecule has 3 aromatic rings. The van der Waals surface area contributed by atoms with Crippen LogP contribution in [0.2, 0.25) is 0 Å². The van der Waals surface area contributed by atoms with Gasteiger partial charge in [-0.2, -0.15) is 0 Å². The highest BCUT2D eigenvalue weighted by molar-refractivity contribution is 9.10. The summed E-state index contributed by atoms with van der Waals surface area (Å²) in [5, 5.41) is 1.57. The maximum absolute atomic E-state index is 12.6. The van der Waals surface area contributed by atoms with Gasteiger partial charge in [0.25, 0.3) is 10.0 Å². The Morgan fingerprint density at radius 1 is 1.00 bits per heavy atom. The van der Waals surface area contributed by atoms with Crippen LogP contribution in [0.5, 0.6) is 0 Å². The number of pyridine rings is 1. The Morgan fingerprint density at radius 3 is 2.50 bits per heavy atom. The van der Waals surface area contributed by atoms with Gasteiger partial charge in [-0.25, -0.2) is 13.4 Å². The number of halogens is 1. The Balaban J connectivity index is 2.07. The summed E-state index contributed by atoms with van der Waals surface area (Å²) in [4.78, 5) is 4.47. The van der Waals surface area contributed by atoms with E-state index in [0.29, 0.717) is 11.2 Å². The smallest absolute Gasteiger partial charge is 0.263 e. The molecule has 1 aromatic heterocycles.